The summed E-state index contributed by atoms with van der Waals surface area (Å²) in [5, 5.41) is 0. The SMILES string of the molecule is CC1=C(C)N(PCc2c(C)c(C)c(C)c(CPN3C(C)=C(C)C(C)C3C)c2-c2c(CPn3c(C)c(C)c(C)c3C)c(C)c(C)c(C)c2CPn2c(C)c(C)c(C)c2C)C(C)C1C. The summed E-state index contributed by atoms with van der Waals surface area (Å²) in [5.41, 5.74) is 36.2. The highest BCUT2D eigenvalue weighted by atomic mass is 31.1. The van der Waals surface area contributed by atoms with Crippen LogP contribution in [0.4, 0.5) is 0 Å². The molecular weight excluding hydrogens is 829 g/mol. The van der Waals surface area contributed by atoms with Gasteiger partial charge >= 0.3 is 0 Å². The van der Waals surface area contributed by atoms with Crippen LogP contribution in [0.25, 0.3) is 11.1 Å². The molecule has 0 bridgehead atoms. The number of benzene rings is 2. The van der Waals surface area contributed by atoms with E-state index >= 15 is 0 Å². The normalized spacial score (nSPS) is 20.2. The quantitative estimate of drug-likeness (QED) is 0.124. The third-order valence-electron chi connectivity index (χ3n) is 17.3. The molecule has 2 aliphatic rings. The van der Waals surface area contributed by atoms with Crippen molar-refractivity contribution < 1.29 is 0 Å². The summed E-state index contributed by atoms with van der Waals surface area (Å²) in [6, 6.07) is 1.05. The van der Waals surface area contributed by atoms with E-state index in [9.17, 15) is 0 Å². The predicted octanol–water partition coefficient (Wildman–Crippen LogP) is 16.0. The first kappa shape index (κ1) is 49.2. The summed E-state index contributed by atoms with van der Waals surface area (Å²) in [6.07, 6.45) is 4.25. The topological polar surface area (TPSA) is 16.3 Å². The van der Waals surface area contributed by atoms with Crippen molar-refractivity contribution in [2.45, 2.75) is 189 Å². The van der Waals surface area contributed by atoms with E-state index in [1.807, 2.05) is 0 Å². The first-order valence-corrected chi connectivity index (χ1v) is 28.0. The lowest BCUT2D eigenvalue weighted by Crippen LogP contribution is -2.23. The smallest absolute Gasteiger partial charge is 0.0357 e. The van der Waals surface area contributed by atoms with E-state index in [1.165, 1.54) is 89.8 Å². The maximum Gasteiger partial charge on any atom is 0.0357 e. The van der Waals surface area contributed by atoms with Crippen LogP contribution < -0.4 is 0 Å². The Morgan fingerprint density at radius 1 is 0.323 bits per heavy atom. The molecule has 2 aromatic carbocycles. The van der Waals surface area contributed by atoms with E-state index in [2.05, 4.69) is 170 Å². The van der Waals surface area contributed by atoms with Gasteiger partial charge in [-0.25, -0.2) is 0 Å². The number of allylic oxidation sites excluding steroid dienone is 2. The van der Waals surface area contributed by atoms with Crippen molar-refractivity contribution in [1.82, 2.24) is 18.0 Å². The lowest BCUT2D eigenvalue weighted by molar-refractivity contribution is 0.408. The Morgan fingerprint density at radius 2 is 0.565 bits per heavy atom. The highest BCUT2D eigenvalue weighted by Gasteiger charge is 2.34. The van der Waals surface area contributed by atoms with Crippen molar-refractivity contribution in [3.05, 3.63) is 123 Å². The molecule has 0 amide bonds. The summed E-state index contributed by atoms with van der Waals surface area (Å²) >= 11 is 0. The van der Waals surface area contributed by atoms with Gasteiger partial charge in [-0.05, 0) is 285 Å². The second kappa shape index (κ2) is 19.0. The van der Waals surface area contributed by atoms with Crippen LogP contribution in [0.5, 0.6) is 0 Å². The molecule has 62 heavy (non-hydrogen) atoms. The second-order valence-corrected chi connectivity index (χ2v) is 24.1. The van der Waals surface area contributed by atoms with Gasteiger partial charge in [0.1, 0.15) is 0 Å². The molecule has 4 aromatic rings. The van der Waals surface area contributed by atoms with E-state index in [0.29, 0.717) is 58.8 Å². The molecule has 4 heterocycles. The molecule has 4 nitrogen and oxygen atoms in total. The minimum absolute atomic E-state index is 0.526. The van der Waals surface area contributed by atoms with Gasteiger partial charge in [-0.1, -0.05) is 13.8 Å². The minimum Gasteiger partial charge on any atom is -0.353 e. The molecule has 8 heteroatoms. The highest BCUT2D eigenvalue weighted by Crippen LogP contribution is 2.52. The Morgan fingerprint density at radius 3 is 0.790 bits per heavy atom. The van der Waals surface area contributed by atoms with Crippen LogP contribution >= 0.6 is 34.9 Å². The molecule has 0 radical (unpaired) electrons. The average molecular weight is 911 g/mol. The molecule has 0 N–H and O–H groups in total. The van der Waals surface area contributed by atoms with Crippen molar-refractivity contribution >= 4 is 34.9 Å². The second-order valence-electron chi connectivity index (χ2n) is 19.6. The van der Waals surface area contributed by atoms with Crippen molar-refractivity contribution in [3.63, 3.8) is 0 Å². The zero-order valence-electron chi connectivity index (χ0n) is 42.9. The Bertz CT molecular complexity index is 2280. The molecule has 2 aromatic heterocycles. The zero-order valence-corrected chi connectivity index (χ0v) is 46.9. The third-order valence-corrected chi connectivity index (χ3v) is 23.5. The van der Waals surface area contributed by atoms with Gasteiger partial charge in [0.25, 0.3) is 0 Å². The number of nitrogens with zero attached hydrogens (tertiary/aromatic N) is 4. The van der Waals surface area contributed by atoms with Crippen molar-refractivity contribution in [2.24, 2.45) is 11.8 Å². The van der Waals surface area contributed by atoms with E-state index < -0.39 is 0 Å². The van der Waals surface area contributed by atoms with Gasteiger partial charge in [0.15, 0.2) is 0 Å². The van der Waals surface area contributed by atoms with Crippen molar-refractivity contribution in [1.29, 1.82) is 0 Å². The molecule has 2 aliphatic heterocycles. The maximum atomic E-state index is 2.77. The van der Waals surface area contributed by atoms with Crippen LogP contribution in [-0.4, -0.2) is 30.1 Å². The Labute approximate surface area is 386 Å². The molecule has 6 rings (SSSR count). The molecule has 8 atom stereocenters. The van der Waals surface area contributed by atoms with Gasteiger partial charge in [-0.3, -0.25) is 0 Å². The van der Waals surface area contributed by atoms with Gasteiger partial charge in [-0.2, -0.15) is 0 Å². The van der Waals surface area contributed by atoms with Gasteiger partial charge in [0, 0.05) is 70.9 Å². The first-order chi connectivity index (χ1) is 29.0. The van der Waals surface area contributed by atoms with E-state index in [-0.39, 0.29) is 0 Å². The van der Waals surface area contributed by atoms with Gasteiger partial charge in [0.2, 0.25) is 0 Å². The third kappa shape index (κ3) is 8.31. The summed E-state index contributed by atoms with van der Waals surface area (Å²) in [7, 11) is 2.73. The van der Waals surface area contributed by atoms with Crippen LogP contribution in [0, 0.1) is 109 Å². The summed E-state index contributed by atoms with van der Waals surface area (Å²) in [4.78, 5) is 0. The molecular formula is C54H82N4P4. The monoisotopic (exact) mass is 911 g/mol. The fourth-order valence-corrected chi connectivity index (χ4v) is 17.3. The number of rotatable bonds is 13. The summed E-state index contributed by atoms with van der Waals surface area (Å²) in [5.74, 6) is 1.18. The zero-order chi connectivity index (χ0) is 46.1. The molecule has 0 saturated heterocycles. The molecule has 8 unspecified atom stereocenters. The summed E-state index contributed by atoms with van der Waals surface area (Å²) in [6.45, 7) is 52.7. The van der Waals surface area contributed by atoms with Crippen LogP contribution in [-0.2, 0) is 24.6 Å². The molecule has 0 saturated carbocycles. The number of hydrogen-bond acceptors (Lipinski definition) is 2. The summed E-state index contributed by atoms with van der Waals surface area (Å²) < 4.78 is 10.8. The van der Waals surface area contributed by atoms with Gasteiger partial charge < -0.3 is 18.0 Å². The number of hydrogen-bond donors (Lipinski definition) is 0. The Hall–Kier alpha value is -2.20. The predicted molar refractivity (Wildman–Crippen MR) is 284 cm³/mol. The highest BCUT2D eigenvalue weighted by molar-refractivity contribution is 7.36. The van der Waals surface area contributed by atoms with E-state index in [4.69, 9.17) is 0 Å². The molecule has 338 valence electrons. The molecule has 0 spiro atoms. The number of aromatic nitrogens is 2. The Kier molecular flexibility index (Phi) is 15.1. The van der Waals surface area contributed by atoms with Gasteiger partial charge in [0.05, 0.1) is 0 Å². The first-order valence-electron chi connectivity index (χ1n) is 23.4. The largest absolute Gasteiger partial charge is 0.353 e. The standard InChI is InChI=1S/C54H82N4P4/c1-27-37(11)49(23-59-55-41(15)29(3)30(4)42(55)16)53(50(38(27)12)24-60-56-43(17)31(5)32(6)44(56)18)54-51(25-61-57-45(19)33(7)34(8)46(57)20)39(13)28(2)40(14)52(54)26-62-58-47(21)35(9)36(10)48(58)22/h29,31,41,43,59-62H,23-26H2,1-22H3. The molecule has 0 aliphatic carbocycles. The van der Waals surface area contributed by atoms with Crippen molar-refractivity contribution in [3.8, 4) is 11.1 Å². The van der Waals surface area contributed by atoms with Crippen LogP contribution in [0.1, 0.15) is 156 Å². The fourth-order valence-electron chi connectivity index (χ4n) is 10.8. The molecule has 0 fully saturated rings. The van der Waals surface area contributed by atoms with Crippen LogP contribution in [0.2, 0.25) is 0 Å². The maximum absolute atomic E-state index is 2.77. The Balaban J connectivity index is 1.65. The van der Waals surface area contributed by atoms with E-state index in [0.717, 1.165) is 24.6 Å². The van der Waals surface area contributed by atoms with Crippen molar-refractivity contribution in [2.75, 3.05) is 0 Å². The van der Waals surface area contributed by atoms with E-state index in [1.54, 1.807) is 44.5 Å². The van der Waals surface area contributed by atoms with Gasteiger partial charge in [-0.15, -0.1) is 0 Å². The lowest BCUT2D eigenvalue weighted by atomic mass is 9.80. The minimum atomic E-state index is 0.526. The lowest BCUT2D eigenvalue weighted by Gasteiger charge is -2.33. The van der Waals surface area contributed by atoms with Crippen LogP contribution in [0.3, 0.4) is 0 Å². The average Bonchev–Trinajstić information content (AvgIpc) is 3.72. The fraction of sp³-hybridized carbons (Fsp3) is 0.556. The van der Waals surface area contributed by atoms with Crippen LogP contribution in [0.15, 0.2) is 22.5 Å².